The minimum Gasteiger partial charge on any atom is -0.392 e. The van der Waals surface area contributed by atoms with Gasteiger partial charge in [-0.25, -0.2) is 0 Å². The first kappa shape index (κ1) is 17.1. The highest BCUT2D eigenvalue weighted by Crippen LogP contribution is 2.22. The van der Waals surface area contributed by atoms with Gasteiger partial charge in [-0.3, -0.25) is 9.78 Å². The standard InChI is InChI=1S/C19H21N3O3/c1-11-7-15(10-23)16-6-4-5-14(19(16)21-11)8-18(24)20-9-17-12(2)22-25-13(17)3/h4-7,23H,8-10H2,1-3H3,(H,20,24). The van der Waals surface area contributed by atoms with Crippen LogP contribution in [0.5, 0.6) is 0 Å². The van der Waals surface area contributed by atoms with Crippen LogP contribution in [0.2, 0.25) is 0 Å². The average molecular weight is 339 g/mol. The Balaban J connectivity index is 1.80. The number of carbonyl (C=O) groups excluding carboxylic acids is 1. The number of nitrogens with one attached hydrogen (secondary N) is 1. The monoisotopic (exact) mass is 339 g/mol. The van der Waals surface area contributed by atoms with Crippen LogP contribution >= 0.6 is 0 Å². The lowest BCUT2D eigenvalue weighted by Gasteiger charge is -2.10. The molecular formula is C19H21N3O3. The largest absolute Gasteiger partial charge is 0.392 e. The molecule has 0 spiro atoms. The van der Waals surface area contributed by atoms with Gasteiger partial charge in [0, 0.05) is 23.2 Å². The van der Waals surface area contributed by atoms with Crippen molar-refractivity contribution in [3.63, 3.8) is 0 Å². The molecule has 3 aromatic rings. The Morgan fingerprint density at radius 1 is 1.24 bits per heavy atom. The van der Waals surface area contributed by atoms with E-state index in [1.165, 1.54) is 0 Å². The number of aromatic nitrogens is 2. The van der Waals surface area contributed by atoms with E-state index in [9.17, 15) is 9.90 Å². The summed E-state index contributed by atoms with van der Waals surface area (Å²) in [7, 11) is 0. The van der Waals surface area contributed by atoms with Crippen LogP contribution in [-0.2, 0) is 24.4 Å². The number of pyridine rings is 1. The zero-order valence-electron chi connectivity index (χ0n) is 14.6. The van der Waals surface area contributed by atoms with Gasteiger partial charge in [0.15, 0.2) is 0 Å². The number of rotatable bonds is 5. The lowest BCUT2D eigenvalue weighted by Crippen LogP contribution is -2.25. The van der Waals surface area contributed by atoms with Crippen molar-refractivity contribution in [2.45, 2.75) is 40.3 Å². The van der Waals surface area contributed by atoms with Gasteiger partial charge >= 0.3 is 0 Å². The van der Waals surface area contributed by atoms with Crippen molar-refractivity contribution in [3.8, 4) is 0 Å². The fraction of sp³-hybridized carbons (Fsp3) is 0.316. The first-order valence-corrected chi connectivity index (χ1v) is 8.17. The molecule has 0 unspecified atom stereocenters. The summed E-state index contributed by atoms with van der Waals surface area (Å²) < 4.78 is 5.11. The van der Waals surface area contributed by atoms with E-state index in [0.29, 0.717) is 12.3 Å². The van der Waals surface area contributed by atoms with Crippen molar-refractivity contribution in [2.75, 3.05) is 0 Å². The predicted molar refractivity (Wildman–Crippen MR) is 93.9 cm³/mol. The van der Waals surface area contributed by atoms with Gasteiger partial charge in [0.25, 0.3) is 0 Å². The van der Waals surface area contributed by atoms with Crippen LogP contribution in [0.4, 0.5) is 0 Å². The van der Waals surface area contributed by atoms with Crippen molar-refractivity contribution in [3.05, 3.63) is 58.1 Å². The number of hydrogen-bond acceptors (Lipinski definition) is 5. The third-order valence-electron chi connectivity index (χ3n) is 4.30. The summed E-state index contributed by atoms with van der Waals surface area (Å²) in [6.45, 7) is 5.90. The minimum atomic E-state index is -0.0960. The second-order valence-corrected chi connectivity index (χ2v) is 6.15. The third kappa shape index (κ3) is 3.53. The maximum Gasteiger partial charge on any atom is 0.224 e. The number of amides is 1. The Labute approximate surface area is 145 Å². The molecule has 0 aliphatic carbocycles. The number of aliphatic hydroxyl groups excluding tert-OH is 1. The molecule has 6 heteroatoms. The molecule has 2 heterocycles. The molecule has 6 nitrogen and oxygen atoms in total. The van der Waals surface area contributed by atoms with E-state index >= 15 is 0 Å². The maximum absolute atomic E-state index is 12.4. The topological polar surface area (TPSA) is 88.2 Å². The van der Waals surface area contributed by atoms with Crippen molar-refractivity contribution in [1.82, 2.24) is 15.5 Å². The first-order chi connectivity index (χ1) is 12.0. The molecule has 3 rings (SSSR count). The maximum atomic E-state index is 12.4. The summed E-state index contributed by atoms with van der Waals surface area (Å²) in [6.07, 6.45) is 0.224. The summed E-state index contributed by atoms with van der Waals surface area (Å²) in [5.41, 5.74) is 4.93. The van der Waals surface area contributed by atoms with Crippen molar-refractivity contribution >= 4 is 16.8 Å². The lowest BCUT2D eigenvalue weighted by molar-refractivity contribution is -0.120. The molecule has 130 valence electrons. The van der Waals surface area contributed by atoms with Gasteiger partial charge in [-0.2, -0.15) is 0 Å². The SMILES string of the molecule is Cc1cc(CO)c2cccc(CC(=O)NCc3c(C)noc3C)c2n1. The summed E-state index contributed by atoms with van der Waals surface area (Å²) in [6, 6.07) is 7.56. The number of carbonyl (C=O) groups is 1. The molecule has 0 saturated carbocycles. The van der Waals surface area contributed by atoms with Crippen LogP contribution in [0, 0.1) is 20.8 Å². The number of benzene rings is 1. The van der Waals surface area contributed by atoms with E-state index in [0.717, 1.165) is 39.0 Å². The van der Waals surface area contributed by atoms with Gasteiger partial charge < -0.3 is 14.9 Å². The van der Waals surface area contributed by atoms with Crippen LogP contribution in [0.15, 0.2) is 28.8 Å². The number of nitrogens with zero attached hydrogens (tertiary/aromatic N) is 2. The first-order valence-electron chi connectivity index (χ1n) is 8.17. The van der Waals surface area contributed by atoms with E-state index in [4.69, 9.17) is 4.52 Å². The van der Waals surface area contributed by atoms with Crippen LogP contribution < -0.4 is 5.32 Å². The molecule has 25 heavy (non-hydrogen) atoms. The highest BCUT2D eigenvalue weighted by molar-refractivity contribution is 5.89. The minimum absolute atomic E-state index is 0.0540. The Morgan fingerprint density at radius 2 is 2.04 bits per heavy atom. The zero-order valence-corrected chi connectivity index (χ0v) is 14.6. The molecule has 1 aromatic carbocycles. The molecule has 0 radical (unpaired) electrons. The normalized spacial score (nSPS) is 11.0. The Hall–Kier alpha value is -2.73. The quantitative estimate of drug-likeness (QED) is 0.745. The molecule has 0 aliphatic rings. The van der Waals surface area contributed by atoms with Crippen LogP contribution in [0.25, 0.3) is 10.9 Å². The van der Waals surface area contributed by atoms with E-state index in [1.54, 1.807) is 0 Å². The van der Waals surface area contributed by atoms with E-state index in [1.807, 2.05) is 45.0 Å². The Morgan fingerprint density at radius 3 is 2.72 bits per heavy atom. The number of fused-ring (bicyclic) bond motifs is 1. The fourth-order valence-corrected chi connectivity index (χ4v) is 2.97. The second-order valence-electron chi connectivity index (χ2n) is 6.15. The van der Waals surface area contributed by atoms with Gasteiger partial charge in [0.2, 0.25) is 5.91 Å². The number of para-hydroxylation sites is 1. The Kier molecular flexibility index (Phi) is 4.81. The van der Waals surface area contributed by atoms with Crippen LogP contribution in [0.3, 0.4) is 0 Å². The van der Waals surface area contributed by atoms with Gasteiger partial charge in [-0.15, -0.1) is 0 Å². The van der Waals surface area contributed by atoms with Crippen molar-refractivity contribution < 1.29 is 14.4 Å². The Bertz CT molecular complexity index is 912. The fourth-order valence-electron chi connectivity index (χ4n) is 2.97. The van der Waals surface area contributed by atoms with Gasteiger partial charge in [-0.05, 0) is 38.0 Å². The molecule has 0 atom stereocenters. The zero-order chi connectivity index (χ0) is 18.0. The third-order valence-corrected chi connectivity index (χ3v) is 4.30. The smallest absolute Gasteiger partial charge is 0.224 e. The van der Waals surface area contributed by atoms with E-state index in [-0.39, 0.29) is 18.9 Å². The number of aliphatic hydroxyl groups is 1. The highest BCUT2D eigenvalue weighted by atomic mass is 16.5. The molecular weight excluding hydrogens is 318 g/mol. The molecule has 1 amide bonds. The summed E-state index contributed by atoms with van der Waals surface area (Å²) >= 11 is 0. The van der Waals surface area contributed by atoms with Crippen molar-refractivity contribution in [2.24, 2.45) is 0 Å². The van der Waals surface area contributed by atoms with Crippen LogP contribution in [-0.4, -0.2) is 21.2 Å². The van der Waals surface area contributed by atoms with Gasteiger partial charge in [0.1, 0.15) is 5.76 Å². The van der Waals surface area contributed by atoms with Gasteiger partial charge in [-0.1, -0.05) is 23.4 Å². The van der Waals surface area contributed by atoms with Crippen LogP contribution in [0.1, 0.15) is 33.8 Å². The van der Waals surface area contributed by atoms with Crippen molar-refractivity contribution in [1.29, 1.82) is 0 Å². The molecule has 0 saturated heterocycles. The van der Waals surface area contributed by atoms with E-state index in [2.05, 4.69) is 15.5 Å². The summed E-state index contributed by atoms with van der Waals surface area (Å²) in [5, 5.41) is 17.2. The molecule has 0 fully saturated rings. The average Bonchev–Trinajstić information content (AvgIpc) is 2.91. The van der Waals surface area contributed by atoms with E-state index < -0.39 is 0 Å². The molecule has 2 N–H and O–H groups in total. The number of hydrogen-bond donors (Lipinski definition) is 2. The molecule has 2 aromatic heterocycles. The second kappa shape index (κ2) is 7.03. The molecule has 0 bridgehead atoms. The number of aryl methyl sites for hydroxylation is 3. The molecule has 0 aliphatic heterocycles. The highest BCUT2D eigenvalue weighted by Gasteiger charge is 2.13. The summed E-state index contributed by atoms with van der Waals surface area (Å²) in [4.78, 5) is 16.9. The van der Waals surface area contributed by atoms with Gasteiger partial charge in [0.05, 0.1) is 24.2 Å². The predicted octanol–water partition coefficient (Wildman–Crippen LogP) is 2.50. The lowest BCUT2D eigenvalue weighted by atomic mass is 10.0. The summed E-state index contributed by atoms with van der Waals surface area (Å²) in [5.74, 6) is 0.620.